The van der Waals surface area contributed by atoms with Gasteiger partial charge in [0.2, 0.25) is 11.8 Å². The number of hydrogen-bond acceptors (Lipinski definition) is 3. The van der Waals surface area contributed by atoms with Gasteiger partial charge in [0.05, 0.1) is 12.3 Å². The first-order valence-corrected chi connectivity index (χ1v) is 7.33. The van der Waals surface area contributed by atoms with Crippen molar-refractivity contribution in [1.29, 1.82) is 0 Å². The van der Waals surface area contributed by atoms with Crippen molar-refractivity contribution in [1.82, 2.24) is 10.6 Å². The summed E-state index contributed by atoms with van der Waals surface area (Å²) in [6.45, 7) is 4.70. The number of thioether (sulfide) groups is 1. The highest BCUT2D eigenvalue weighted by molar-refractivity contribution is 8.00. The quantitative estimate of drug-likeness (QED) is 0.748. The minimum atomic E-state index is -0.143. The molecule has 0 aliphatic rings. The molecule has 2 N–H and O–H groups in total. The maximum atomic E-state index is 11.5. The van der Waals surface area contributed by atoms with Crippen LogP contribution in [0.3, 0.4) is 0 Å². The molecule has 1 rings (SSSR count). The Morgan fingerprint density at radius 1 is 1.11 bits per heavy atom. The number of rotatable bonds is 7. The average molecular weight is 280 g/mol. The number of benzene rings is 1. The molecule has 0 spiro atoms. The van der Waals surface area contributed by atoms with E-state index < -0.39 is 0 Å². The number of aryl methyl sites for hydroxylation is 1. The molecule has 0 bridgehead atoms. The first-order chi connectivity index (χ1) is 9.11. The Labute approximate surface area is 118 Å². The predicted molar refractivity (Wildman–Crippen MR) is 78.2 cm³/mol. The summed E-state index contributed by atoms with van der Waals surface area (Å²) in [5.41, 5.74) is 1.20. The highest BCUT2D eigenvalue weighted by Gasteiger charge is 2.05. The molecule has 104 valence electrons. The lowest BCUT2D eigenvalue weighted by atomic mass is 10.2. The number of carbonyl (C=O) groups excluding carboxylic acids is 2. The first kappa shape index (κ1) is 15.6. The van der Waals surface area contributed by atoms with Crippen LogP contribution < -0.4 is 10.6 Å². The fraction of sp³-hybridized carbons (Fsp3) is 0.429. The second kappa shape index (κ2) is 8.58. The Balaban J connectivity index is 2.21. The van der Waals surface area contributed by atoms with Crippen molar-refractivity contribution >= 4 is 23.6 Å². The van der Waals surface area contributed by atoms with E-state index in [1.54, 1.807) is 0 Å². The zero-order valence-electron chi connectivity index (χ0n) is 11.4. The number of amides is 2. The maximum absolute atomic E-state index is 11.5. The smallest absolute Gasteiger partial charge is 0.239 e. The molecule has 0 fully saturated rings. The molecule has 0 saturated heterocycles. The van der Waals surface area contributed by atoms with Crippen LogP contribution in [0.4, 0.5) is 0 Å². The van der Waals surface area contributed by atoms with Crippen LogP contribution in [0.15, 0.2) is 29.2 Å². The van der Waals surface area contributed by atoms with Crippen LogP contribution in [0.2, 0.25) is 0 Å². The van der Waals surface area contributed by atoms with Gasteiger partial charge >= 0.3 is 0 Å². The topological polar surface area (TPSA) is 58.2 Å². The molecular weight excluding hydrogens is 260 g/mol. The summed E-state index contributed by atoms with van der Waals surface area (Å²) >= 11 is 1.46. The summed E-state index contributed by atoms with van der Waals surface area (Å²) in [7, 11) is 0. The van der Waals surface area contributed by atoms with Crippen molar-refractivity contribution in [2.75, 3.05) is 18.8 Å². The molecule has 0 heterocycles. The Hall–Kier alpha value is -1.49. The molecule has 5 heteroatoms. The van der Waals surface area contributed by atoms with Crippen LogP contribution in [0.5, 0.6) is 0 Å². The minimum Gasteiger partial charge on any atom is -0.355 e. The Morgan fingerprint density at radius 2 is 1.79 bits per heavy atom. The van der Waals surface area contributed by atoms with Crippen LogP contribution >= 0.6 is 11.8 Å². The van der Waals surface area contributed by atoms with Gasteiger partial charge in [0, 0.05) is 11.4 Å². The SMILES string of the molecule is CCCNC(=O)CNC(=O)CSc1ccc(C)cc1. The zero-order valence-corrected chi connectivity index (χ0v) is 12.2. The molecule has 0 unspecified atom stereocenters. The maximum Gasteiger partial charge on any atom is 0.239 e. The van der Waals surface area contributed by atoms with Gasteiger partial charge in [-0.1, -0.05) is 24.6 Å². The van der Waals surface area contributed by atoms with Crippen molar-refractivity contribution in [2.45, 2.75) is 25.2 Å². The van der Waals surface area contributed by atoms with E-state index in [0.717, 1.165) is 11.3 Å². The van der Waals surface area contributed by atoms with Crippen molar-refractivity contribution in [2.24, 2.45) is 0 Å². The molecule has 19 heavy (non-hydrogen) atoms. The normalized spacial score (nSPS) is 10.0. The van der Waals surface area contributed by atoms with Gasteiger partial charge in [-0.2, -0.15) is 0 Å². The Bertz CT molecular complexity index is 418. The molecule has 2 amide bonds. The van der Waals surface area contributed by atoms with Crippen LogP contribution in [0, 0.1) is 6.92 Å². The fourth-order valence-corrected chi connectivity index (χ4v) is 2.07. The van der Waals surface area contributed by atoms with Crippen molar-refractivity contribution in [3.63, 3.8) is 0 Å². The second-order valence-electron chi connectivity index (χ2n) is 4.23. The summed E-state index contributed by atoms with van der Waals surface area (Å²) in [6, 6.07) is 8.00. The van der Waals surface area contributed by atoms with E-state index in [1.165, 1.54) is 17.3 Å². The van der Waals surface area contributed by atoms with Crippen molar-refractivity contribution in [3.05, 3.63) is 29.8 Å². The van der Waals surface area contributed by atoms with E-state index >= 15 is 0 Å². The van der Waals surface area contributed by atoms with Gasteiger partial charge in [-0.3, -0.25) is 9.59 Å². The van der Waals surface area contributed by atoms with Gasteiger partial charge in [-0.15, -0.1) is 11.8 Å². The van der Waals surface area contributed by atoms with Gasteiger partial charge in [0.25, 0.3) is 0 Å². The monoisotopic (exact) mass is 280 g/mol. The lowest BCUT2D eigenvalue weighted by molar-refractivity contribution is -0.124. The highest BCUT2D eigenvalue weighted by Crippen LogP contribution is 2.17. The first-order valence-electron chi connectivity index (χ1n) is 6.34. The summed E-state index contributed by atoms with van der Waals surface area (Å²) < 4.78 is 0. The Morgan fingerprint density at radius 3 is 2.42 bits per heavy atom. The van der Waals surface area contributed by atoms with Crippen LogP contribution in [-0.2, 0) is 9.59 Å². The van der Waals surface area contributed by atoms with E-state index in [9.17, 15) is 9.59 Å². The Kier molecular flexibility index (Phi) is 7.03. The van der Waals surface area contributed by atoms with Gasteiger partial charge in [-0.05, 0) is 25.5 Å². The van der Waals surface area contributed by atoms with Crippen LogP contribution in [0.1, 0.15) is 18.9 Å². The minimum absolute atomic E-state index is 0.0489. The van der Waals surface area contributed by atoms with E-state index in [1.807, 2.05) is 38.1 Å². The molecule has 0 aliphatic heterocycles. The molecule has 0 aromatic heterocycles. The van der Waals surface area contributed by atoms with Crippen LogP contribution in [-0.4, -0.2) is 30.7 Å². The molecule has 0 saturated carbocycles. The molecule has 0 aliphatic carbocycles. The van der Waals surface area contributed by atoms with Gasteiger partial charge in [-0.25, -0.2) is 0 Å². The molecule has 0 radical (unpaired) electrons. The lowest BCUT2D eigenvalue weighted by Gasteiger charge is -2.06. The van der Waals surface area contributed by atoms with Crippen LogP contribution in [0.25, 0.3) is 0 Å². The molecule has 1 aromatic rings. The summed E-state index contributed by atoms with van der Waals surface area (Å²) in [4.78, 5) is 23.9. The standard InChI is InChI=1S/C14H20N2O2S/c1-3-8-15-13(17)9-16-14(18)10-19-12-6-4-11(2)5-7-12/h4-7H,3,8-10H2,1-2H3,(H,15,17)(H,16,18). The van der Waals surface area contributed by atoms with Gasteiger partial charge < -0.3 is 10.6 Å². The number of nitrogens with one attached hydrogen (secondary N) is 2. The van der Waals surface area contributed by atoms with Gasteiger partial charge in [0.15, 0.2) is 0 Å². The summed E-state index contributed by atoms with van der Waals surface area (Å²) in [5, 5.41) is 5.31. The molecular formula is C14H20N2O2S. The van der Waals surface area contributed by atoms with Gasteiger partial charge in [0.1, 0.15) is 0 Å². The zero-order chi connectivity index (χ0) is 14.1. The second-order valence-corrected chi connectivity index (χ2v) is 5.28. The van der Waals surface area contributed by atoms with E-state index in [4.69, 9.17) is 0 Å². The molecule has 4 nitrogen and oxygen atoms in total. The average Bonchev–Trinajstić information content (AvgIpc) is 2.42. The fourth-order valence-electron chi connectivity index (χ4n) is 1.34. The van der Waals surface area contributed by atoms with Crippen molar-refractivity contribution in [3.8, 4) is 0 Å². The number of carbonyl (C=O) groups is 2. The van der Waals surface area contributed by atoms with E-state index in [0.29, 0.717) is 12.3 Å². The summed E-state index contributed by atoms with van der Waals surface area (Å²) in [5.74, 6) is 0.0529. The predicted octanol–water partition coefficient (Wildman–Crippen LogP) is 1.73. The third-order valence-electron chi connectivity index (χ3n) is 2.41. The van der Waals surface area contributed by atoms with E-state index in [-0.39, 0.29) is 18.4 Å². The number of hydrogen-bond donors (Lipinski definition) is 2. The van der Waals surface area contributed by atoms with E-state index in [2.05, 4.69) is 10.6 Å². The summed E-state index contributed by atoms with van der Waals surface area (Å²) in [6.07, 6.45) is 0.892. The van der Waals surface area contributed by atoms with Crippen molar-refractivity contribution < 1.29 is 9.59 Å². The molecule has 0 atom stereocenters. The molecule has 1 aromatic carbocycles. The third-order valence-corrected chi connectivity index (χ3v) is 3.42. The lowest BCUT2D eigenvalue weighted by Crippen LogP contribution is -2.37. The highest BCUT2D eigenvalue weighted by atomic mass is 32.2. The largest absolute Gasteiger partial charge is 0.355 e. The third kappa shape index (κ3) is 6.86.